The number of nitrogens with zero attached hydrogens (tertiary/aromatic N) is 3. The van der Waals surface area contributed by atoms with E-state index in [9.17, 15) is 20.2 Å². The second-order valence-corrected chi connectivity index (χ2v) is 7.35. The third-order valence-electron chi connectivity index (χ3n) is 5.06. The summed E-state index contributed by atoms with van der Waals surface area (Å²) in [5.74, 6) is 0.535. The maximum absolute atomic E-state index is 11.0. The van der Waals surface area contributed by atoms with Crippen molar-refractivity contribution in [2.24, 2.45) is 5.16 Å². The Balaban J connectivity index is 1.54. The predicted octanol–water partition coefficient (Wildman–Crippen LogP) is 5.79. The highest BCUT2D eigenvalue weighted by Gasteiger charge is 2.10. The molecule has 9 nitrogen and oxygen atoms in total. The van der Waals surface area contributed by atoms with Crippen LogP contribution in [0.1, 0.15) is 16.7 Å². The van der Waals surface area contributed by atoms with Gasteiger partial charge in [0.25, 0.3) is 11.4 Å². The lowest BCUT2D eigenvalue weighted by atomic mass is 10.0. The molecule has 0 fully saturated rings. The van der Waals surface area contributed by atoms with Crippen molar-refractivity contribution in [3.8, 4) is 5.75 Å². The van der Waals surface area contributed by atoms with Crippen LogP contribution in [0.15, 0.2) is 90.1 Å². The fourth-order valence-corrected chi connectivity index (χ4v) is 3.42. The Morgan fingerprint density at radius 1 is 0.765 bits per heavy atom. The lowest BCUT2D eigenvalue weighted by Crippen LogP contribution is -2.00. The number of benzene rings is 4. The van der Waals surface area contributed by atoms with Crippen LogP contribution in [0.4, 0.5) is 11.4 Å². The van der Waals surface area contributed by atoms with Crippen LogP contribution < -0.4 is 4.74 Å². The fraction of sp³-hybridized carbons (Fsp3) is 0.0800. The minimum absolute atomic E-state index is 0.00375. The molecule has 0 N–H and O–H groups in total. The molecule has 9 heteroatoms. The van der Waals surface area contributed by atoms with Crippen molar-refractivity contribution in [1.82, 2.24) is 0 Å². The molecule has 0 bridgehead atoms. The Hall–Kier alpha value is -4.79. The molecule has 0 aliphatic heterocycles. The van der Waals surface area contributed by atoms with Gasteiger partial charge in [-0.1, -0.05) is 59.8 Å². The van der Waals surface area contributed by atoms with Crippen LogP contribution in [0.25, 0.3) is 10.8 Å². The zero-order valence-electron chi connectivity index (χ0n) is 17.9. The van der Waals surface area contributed by atoms with Gasteiger partial charge in [0.2, 0.25) is 0 Å². The van der Waals surface area contributed by atoms with Crippen LogP contribution in [0.5, 0.6) is 5.75 Å². The summed E-state index contributed by atoms with van der Waals surface area (Å²) in [6.07, 6.45) is 1.53. The fourth-order valence-electron chi connectivity index (χ4n) is 3.42. The zero-order valence-corrected chi connectivity index (χ0v) is 17.9. The second kappa shape index (κ2) is 10.2. The number of hydrogen-bond donors (Lipinski definition) is 0. The van der Waals surface area contributed by atoms with E-state index in [2.05, 4.69) is 5.16 Å². The number of nitro benzene ring substituents is 2. The molecule has 0 aliphatic carbocycles. The summed E-state index contributed by atoms with van der Waals surface area (Å²) in [4.78, 5) is 26.4. The highest BCUT2D eigenvalue weighted by atomic mass is 16.6. The molecular weight excluding hydrogens is 438 g/mol. The van der Waals surface area contributed by atoms with Crippen LogP contribution in [0.3, 0.4) is 0 Å². The Labute approximate surface area is 194 Å². The smallest absolute Gasteiger partial charge is 0.269 e. The summed E-state index contributed by atoms with van der Waals surface area (Å²) < 4.78 is 5.98. The van der Waals surface area contributed by atoms with E-state index in [1.807, 2.05) is 36.4 Å². The third-order valence-corrected chi connectivity index (χ3v) is 5.06. The minimum atomic E-state index is -0.464. The Kier molecular flexibility index (Phi) is 6.73. The van der Waals surface area contributed by atoms with Gasteiger partial charge in [-0.15, -0.1) is 0 Å². The summed E-state index contributed by atoms with van der Waals surface area (Å²) in [5.41, 5.74) is 1.94. The molecule has 4 aromatic rings. The molecule has 0 saturated carbocycles. The molecule has 0 unspecified atom stereocenters. The maximum atomic E-state index is 11.0. The van der Waals surface area contributed by atoms with Crippen molar-refractivity contribution in [2.75, 3.05) is 0 Å². The van der Waals surface area contributed by atoms with E-state index in [1.54, 1.807) is 24.3 Å². The molecule has 4 rings (SSSR count). The van der Waals surface area contributed by atoms with Crippen molar-refractivity contribution >= 4 is 28.4 Å². The molecule has 0 spiro atoms. The number of oxime groups is 1. The van der Waals surface area contributed by atoms with E-state index >= 15 is 0 Å². The summed E-state index contributed by atoms with van der Waals surface area (Å²) in [5, 5.41) is 27.9. The van der Waals surface area contributed by atoms with Gasteiger partial charge in [-0.3, -0.25) is 20.2 Å². The van der Waals surface area contributed by atoms with Crippen molar-refractivity contribution in [3.63, 3.8) is 0 Å². The van der Waals surface area contributed by atoms with Crippen molar-refractivity contribution in [2.45, 2.75) is 13.2 Å². The van der Waals surface area contributed by atoms with Gasteiger partial charge in [0, 0.05) is 29.8 Å². The molecular formula is C25H19N3O6. The van der Waals surface area contributed by atoms with Gasteiger partial charge in [0.05, 0.1) is 16.1 Å². The van der Waals surface area contributed by atoms with Crippen molar-refractivity contribution in [1.29, 1.82) is 0 Å². The van der Waals surface area contributed by atoms with E-state index in [1.165, 1.54) is 30.5 Å². The van der Waals surface area contributed by atoms with Gasteiger partial charge in [0.1, 0.15) is 19.0 Å². The molecule has 0 heterocycles. The van der Waals surface area contributed by atoms with Gasteiger partial charge in [-0.2, -0.15) is 0 Å². The average Bonchev–Trinajstić information content (AvgIpc) is 2.86. The lowest BCUT2D eigenvalue weighted by molar-refractivity contribution is -0.385. The molecule has 170 valence electrons. The van der Waals surface area contributed by atoms with E-state index in [-0.39, 0.29) is 24.6 Å². The molecule has 0 aromatic heterocycles. The molecule has 0 aliphatic rings. The highest BCUT2D eigenvalue weighted by Crippen LogP contribution is 2.28. The van der Waals surface area contributed by atoms with Crippen LogP contribution in [0.2, 0.25) is 0 Å². The van der Waals surface area contributed by atoms with Gasteiger partial charge in [0.15, 0.2) is 0 Å². The number of ether oxygens (including phenoxy) is 1. The van der Waals surface area contributed by atoms with E-state index < -0.39 is 9.85 Å². The molecule has 0 saturated heterocycles. The SMILES string of the molecule is O=[N+]([O-])c1cccc(CO/N=C\c2c(OCc3cccc([N+](=O)[O-])c3)ccc3ccccc23)c1. The molecule has 0 radical (unpaired) electrons. The van der Waals surface area contributed by atoms with Crippen LogP contribution in [0, 0.1) is 20.2 Å². The monoisotopic (exact) mass is 457 g/mol. The first-order chi connectivity index (χ1) is 16.5. The molecule has 0 amide bonds. The first kappa shape index (κ1) is 22.4. The van der Waals surface area contributed by atoms with Crippen molar-refractivity contribution < 1.29 is 19.4 Å². The molecule has 0 atom stereocenters. The van der Waals surface area contributed by atoms with Gasteiger partial charge >= 0.3 is 0 Å². The van der Waals surface area contributed by atoms with Crippen LogP contribution >= 0.6 is 0 Å². The van der Waals surface area contributed by atoms with E-state index in [0.717, 1.165) is 10.8 Å². The molecule has 4 aromatic carbocycles. The number of rotatable bonds is 9. The van der Waals surface area contributed by atoms with Crippen LogP contribution in [-0.2, 0) is 18.1 Å². The Bertz CT molecular complexity index is 1390. The number of non-ortho nitro benzene ring substituents is 2. The number of nitro groups is 2. The average molecular weight is 457 g/mol. The van der Waals surface area contributed by atoms with Crippen LogP contribution in [-0.4, -0.2) is 16.1 Å². The number of hydrogen-bond acceptors (Lipinski definition) is 7. The largest absolute Gasteiger partial charge is 0.488 e. The van der Waals surface area contributed by atoms with Gasteiger partial charge < -0.3 is 9.57 Å². The van der Waals surface area contributed by atoms with Gasteiger partial charge in [-0.25, -0.2) is 0 Å². The number of fused-ring (bicyclic) bond motifs is 1. The predicted molar refractivity (Wildman–Crippen MR) is 127 cm³/mol. The first-order valence-corrected chi connectivity index (χ1v) is 10.3. The van der Waals surface area contributed by atoms with E-state index in [4.69, 9.17) is 9.57 Å². The zero-order chi connectivity index (χ0) is 23.9. The summed E-state index contributed by atoms with van der Waals surface area (Å²) >= 11 is 0. The quantitative estimate of drug-likeness (QED) is 0.178. The van der Waals surface area contributed by atoms with Crippen molar-refractivity contribution in [3.05, 3.63) is 122 Å². The maximum Gasteiger partial charge on any atom is 0.269 e. The summed E-state index contributed by atoms with van der Waals surface area (Å²) in [6, 6.07) is 23.8. The van der Waals surface area contributed by atoms with E-state index in [0.29, 0.717) is 22.4 Å². The highest BCUT2D eigenvalue weighted by molar-refractivity contribution is 6.02. The summed E-state index contributed by atoms with van der Waals surface area (Å²) in [6.45, 7) is 0.197. The first-order valence-electron chi connectivity index (χ1n) is 10.3. The normalized spacial score (nSPS) is 10.9. The minimum Gasteiger partial charge on any atom is -0.488 e. The third kappa shape index (κ3) is 5.33. The second-order valence-electron chi connectivity index (χ2n) is 7.35. The standard InChI is InChI=1S/C25H19N3O6/c29-27(30)21-8-3-5-18(13-21)16-33-25-12-11-20-7-1-2-10-23(20)24(25)15-26-34-17-19-6-4-9-22(14-19)28(31)32/h1-15H,16-17H2/b26-15-. The Morgan fingerprint density at radius 2 is 1.41 bits per heavy atom. The Morgan fingerprint density at radius 3 is 2.09 bits per heavy atom. The lowest BCUT2D eigenvalue weighted by Gasteiger charge is -2.12. The summed E-state index contributed by atoms with van der Waals surface area (Å²) in [7, 11) is 0. The molecule has 34 heavy (non-hydrogen) atoms. The topological polar surface area (TPSA) is 117 Å². The van der Waals surface area contributed by atoms with Gasteiger partial charge in [-0.05, 0) is 28.0 Å².